The number of rotatable bonds is 3. The first kappa shape index (κ1) is 12.8. The van der Waals surface area contributed by atoms with Crippen molar-refractivity contribution in [2.75, 3.05) is 24.6 Å². The van der Waals surface area contributed by atoms with Gasteiger partial charge in [0.25, 0.3) is 0 Å². The predicted octanol–water partition coefficient (Wildman–Crippen LogP) is 1.19. The molecule has 2 N–H and O–H groups in total. The Labute approximate surface area is 107 Å². The lowest BCUT2D eigenvalue weighted by Crippen LogP contribution is -2.43. The second-order valence-corrected chi connectivity index (χ2v) is 4.44. The van der Waals surface area contributed by atoms with Gasteiger partial charge in [0, 0.05) is 25.3 Å². The van der Waals surface area contributed by atoms with E-state index in [1.807, 2.05) is 0 Å². The van der Waals surface area contributed by atoms with Gasteiger partial charge in [0.1, 0.15) is 11.4 Å². The highest BCUT2D eigenvalue weighted by Gasteiger charge is 2.23. The van der Waals surface area contributed by atoms with Crippen molar-refractivity contribution in [1.29, 1.82) is 0 Å². The van der Waals surface area contributed by atoms with Gasteiger partial charge in [-0.15, -0.1) is 0 Å². The van der Waals surface area contributed by atoms with E-state index in [9.17, 15) is 4.79 Å². The maximum absolute atomic E-state index is 11.9. The molecular weight excluding hydrogens is 230 g/mol. The molecule has 1 saturated heterocycles. The first-order valence-electron chi connectivity index (χ1n) is 6.35. The summed E-state index contributed by atoms with van der Waals surface area (Å²) in [5, 5.41) is 0. The van der Waals surface area contributed by atoms with E-state index in [1.54, 1.807) is 25.3 Å². The fourth-order valence-electron chi connectivity index (χ4n) is 2.22. The predicted molar refractivity (Wildman–Crippen MR) is 69.6 cm³/mol. The number of carbonyl (C=O) groups is 1. The van der Waals surface area contributed by atoms with Crippen LogP contribution in [0.15, 0.2) is 18.3 Å². The Morgan fingerprint density at radius 1 is 1.67 bits per heavy atom. The Morgan fingerprint density at radius 2 is 2.50 bits per heavy atom. The van der Waals surface area contributed by atoms with Crippen LogP contribution in [0.1, 0.15) is 30.1 Å². The second kappa shape index (κ2) is 5.82. The van der Waals surface area contributed by atoms with Crippen LogP contribution in [0.25, 0.3) is 0 Å². The number of nitrogens with zero attached hydrogens (tertiary/aromatic N) is 2. The SMILES string of the molecule is CCOC(=O)c1cccnc1N1CCC[C@@H](N)C1. The molecule has 0 aliphatic carbocycles. The number of hydrogen-bond acceptors (Lipinski definition) is 5. The van der Waals surface area contributed by atoms with Crippen molar-refractivity contribution in [1.82, 2.24) is 4.98 Å². The lowest BCUT2D eigenvalue weighted by atomic mass is 10.1. The fraction of sp³-hybridized carbons (Fsp3) is 0.538. The molecule has 1 aliphatic rings. The Balaban J connectivity index is 2.23. The van der Waals surface area contributed by atoms with Gasteiger partial charge >= 0.3 is 5.97 Å². The van der Waals surface area contributed by atoms with Crippen LogP contribution in [0.3, 0.4) is 0 Å². The van der Waals surface area contributed by atoms with Crippen LogP contribution in [0.2, 0.25) is 0 Å². The van der Waals surface area contributed by atoms with Gasteiger partial charge in [-0.05, 0) is 31.9 Å². The number of esters is 1. The number of anilines is 1. The third kappa shape index (κ3) is 2.79. The molecule has 0 aromatic carbocycles. The fourth-order valence-corrected chi connectivity index (χ4v) is 2.22. The van der Waals surface area contributed by atoms with E-state index < -0.39 is 0 Å². The number of aromatic nitrogens is 1. The first-order valence-corrected chi connectivity index (χ1v) is 6.35. The second-order valence-electron chi connectivity index (χ2n) is 4.44. The number of carbonyl (C=O) groups excluding carboxylic acids is 1. The largest absolute Gasteiger partial charge is 0.462 e. The van der Waals surface area contributed by atoms with Crippen LogP contribution in [0, 0.1) is 0 Å². The smallest absolute Gasteiger partial charge is 0.341 e. The lowest BCUT2D eigenvalue weighted by molar-refractivity contribution is 0.0526. The van der Waals surface area contributed by atoms with E-state index in [0.29, 0.717) is 18.0 Å². The van der Waals surface area contributed by atoms with E-state index >= 15 is 0 Å². The number of ether oxygens (including phenoxy) is 1. The topological polar surface area (TPSA) is 68.5 Å². The van der Waals surface area contributed by atoms with Gasteiger partial charge in [-0.2, -0.15) is 0 Å². The van der Waals surface area contributed by atoms with Crippen molar-refractivity contribution < 1.29 is 9.53 Å². The molecule has 1 aromatic rings. The van der Waals surface area contributed by atoms with Crippen molar-refractivity contribution in [2.24, 2.45) is 5.73 Å². The molecule has 1 fully saturated rings. The highest BCUT2D eigenvalue weighted by atomic mass is 16.5. The maximum atomic E-state index is 11.9. The summed E-state index contributed by atoms with van der Waals surface area (Å²) in [6, 6.07) is 3.65. The molecular formula is C13H19N3O2. The summed E-state index contributed by atoms with van der Waals surface area (Å²) >= 11 is 0. The van der Waals surface area contributed by atoms with Gasteiger partial charge in [-0.1, -0.05) is 0 Å². The molecule has 1 atom stereocenters. The first-order chi connectivity index (χ1) is 8.72. The summed E-state index contributed by atoms with van der Waals surface area (Å²) < 4.78 is 5.05. The number of hydrogen-bond donors (Lipinski definition) is 1. The Bertz CT molecular complexity index is 422. The molecule has 2 heterocycles. The molecule has 0 bridgehead atoms. The highest BCUT2D eigenvalue weighted by molar-refractivity contribution is 5.94. The van der Waals surface area contributed by atoms with Crippen LogP contribution < -0.4 is 10.6 Å². The molecule has 0 unspecified atom stereocenters. The van der Waals surface area contributed by atoms with Crippen molar-refractivity contribution in [3.63, 3.8) is 0 Å². The minimum Gasteiger partial charge on any atom is -0.462 e. The molecule has 5 nitrogen and oxygen atoms in total. The summed E-state index contributed by atoms with van der Waals surface area (Å²) in [6.07, 6.45) is 3.75. The Hall–Kier alpha value is -1.62. The van der Waals surface area contributed by atoms with E-state index in [0.717, 1.165) is 25.9 Å². The van der Waals surface area contributed by atoms with E-state index in [-0.39, 0.29) is 12.0 Å². The van der Waals surface area contributed by atoms with Crippen LogP contribution >= 0.6 is 0 Å². The van der Waals surface area contributed by atoms with Gasteiger partial charge < -0.3 is 15.4 Å². The van der Waals surface area contributed by atoms with Crippen LogP contribution in [-0.4, -0.2) is 36.7 Å². The van der Waals surface area contributed by atoms with E-state index in [4.69, 9.17) is 10.5 Å². The number of piperidine rings is 1. The van der Waals surface area contributed by atoms with Crippen molar-refractivity contribution in [2.45, 2.75) is 25.8 Å². The number of pyridine rings is 1. The minimum absolute atomic E-state index is 0.149. The zero-order chi connectivity index (χ0) is 13.0. The zero-order valence-electron chi connectivity index (χ0n) is 10.6. The third-order valence-electron chi connectivity index (χ3n) is 3.04. The average molecular weight is 249 g/mol. The summed E-state index contributed by atoms with van der Waals surface area (Å²) in [6.45, 7) is 3.79. The summed E-state index contributed by atoms with van der Waals surface area (Å²) in [7, 11) is 0. The molecule has 1 aliphatic heterocycles. The summed E-state index contributed by atoms with van der Waals surface area (Å²) in [5.74, 6) is 0.367. The summed E-state index contributed by atoms with van der Waals surface area (Å²) in [4.78, 5) is 18.2. The zero-order valence-corrected chi connectivity index (χ0v) is 10.6. The molecule has 0 amide bonds. The Kier molecular flexibility index (Phi) is 4.15. The highest BCUT2D eigenvalue weighted by Crippen LogP contribution is 2.21. The molecule has 5 heteroatoms. The van der Waals surface area contributed by atoms with Crippen molar-refractivity contribution in [3.8, 4) is 0 Å². The van der Waals surface area contributed by atoms with E-state index in [2.05, 4.69) is 9.88 Å². The van der Waals surface area contributed by atoms with Crippen molar-refractivity contribution in [3.05, 3.63) is 23.9 Å². The number of nitrogens with two attached hydrogens (primary N) is 1. The van der Waals surface area contributed by atoms with Gasteiger partial charge in [0.2, 0.25) is 0 Å². The molecule has 18 heavy (non-hydrogen) atoms. The molecule has 1 aromatic heterocycles. The minimum atomic E-state index is -0.320. The van der Waals surface area contributed by atoms with Gasteiger partial charge in [-0.3, -0.25) is 0 Å². The molecule has 0 radical (unpaired) electrons. The Morgan fingerprint density at radius 3 is 3.22 bits per heavy atom. The standard InChI is InChI=1S/C13H19N3O2/c1-2-18-13(17)11-6-3-7-15-12(11)16-8-4-5-10(14)9-16/h3,6-7,10H,2,4-5,8-9,14H2,1H3/t10-/m1/s1. The third-order valence-corrected chi connectivity index (χ3v) is 3.04. The van der Waals surface area contributed by atoms with Crippen LogP contribution in [0.5, 0.6) is 0 Å². The normalized spacial score (nSPS) is 19.7. The maximum Gasteiger partial charge on any atom is 0.341 e. The molecule has 0 spiro atoms. The van der Waals surface area contributed by atoms with E-state index in [1.165, 1.54) is 0 Å². The van der Waals surface area contributed by atoms with Gasteiger partial charge in [0.05, 0.1) is 6.61 Å². The average Bonchev–Trinajstić information content (AvgIpc) is 2.39. The summed E-state index contributed by atoms with van der Waals surface area (Å²) in [5.41, 5.74) is 6.48. The van der Waals surface area contributed by atoms with Gasteiger partial charge in [0.15, 0.2) is 0 Å². The molecule has 98 valence electrons. The lowest BCUT2D eigenvalue weighted by Gasteiger charge is -2.32. The van der Waals surface area contributed by atoms with Crippen LogP contribution in [-0.2, 0) is 4.74 Å². The molecule has 2 rings (SSSR count). The van der Waals surface area contributed by atoms with Gasteiger partial charge in [-0.25, -0.2) is 9.78 Å². The van der Waals surface area contributed by atoms with Crippen LogP contribution in [0.4, 0.5) is 5.82 Å². The quantitative estimate of drug-likeness (QED) is 0.815. The van der Waals surface area contributed by atoms with Crippen molar-refractivity contribution >= 4 is 11.8 Å². The molecule has 0 saturated carbocycles. The monoisotopic (exact) mass is 249 g/mol.